The number of likely N-dealkylation sites (tertiary alicyclic amines) is 1. The summed E-state index contributed by atoms with van der Waals surface area (Å²) >= 11 is 0. The minimum absolute atomic E-state index is 0. The van der Waals surface area contributed by atoms with Gasteiger partial charge in [-0.25, -0.2) is 8.78 Å². The van der Waals surface area contributed by atoms with Crippen LogP contribution in [-0.4, -0.2) is 35.7 Å². The number of nitrogens with zero attached hydrogens (tertiary/aromatic N) is 1. The van der Waals surface area contributed by atoms with Crippen molar-refractivity contribution in [3.8, 4) is 0 Å². The van der Waals surface area contributed by atoms with Gasteiger partial charge in [0.2, 0.25) is 5.91 Å². The average Bonchev–Trinajstić information content (AvgIpc) is 2.54. The van der Waals surface area contributed by atoms with Gasteiger partial charge < -0.3 is 10.6 Å². The minimum atomic E-state index is -1.06. The maximum atomic E-state index is 13.1. The first kappa shape index (κ1) is 20.5. The van der Waals surface area contributed by atoms with E-state index in [4.69, 9.17) is 5.73 Å². The third-order valence-corrected chi connectivity index (χ3v) is 4.38. The summed E-state index contributed by atoms with van der Waals surface area (Å²) in [5.41, 5.74) is 5.82. The third kappa shape index (κ3) is 4.98. The molecule has 134 valence electrons. The van der Waals surface area contributed by atoms with Gasteiger partial charge in [-0.1, -0.05) is 6.92 Å². The number of carbonyl (C=O) groups excluding carboxylic acids is 2. The fourth-order valence-electron chi connectivity index (χ4n) is 2.98. The van der Waals surface area contributed by atoms with E-state index in [9.17, 15) is 18.4 Å². The van der Waals surface area contributed by atoms with Crippen molar-refractivity contribution in [2.75, 3.05) is 13.1 Å². The van der Waals surface area contributed by atoms with E-state index in [2.05, 4.69) is 6.92 Å². The number of Topliss-reactive ketones (excluding diaryl/α,β-unsaturated/α-hetero) is 1. The molecule has 24 heavy (non-hydrogen) atoms. The lowest BCUT2D eigenvalue weighted by Crippen LogP contribution is -2.49. The van der Waals surface area contributed by atoms with Gasteiger partial charge in [-0.2, -0.15) is 0 Å². The van der Waals surface area contributed by atoms with E-state index in [1.807, 2.05) is 0 Å². The number of benzene rings is 1. The number of piperidine rings is 1. The van der Waals surface area contributed by atoms with Crippen molar-refractivity contribution in [3.63, 3.8) is 0 Å². The zero-order valence-corrected chi connectivity index (χ0v) is 14.5. The highest BCUT2D eigenvalue weighted by atomic mass is 35.5. The molecule has 2 N–H and O–H groups in total. The number of ketones is 1. The molecule has 1 amide bonds. The van der Waals surface area contributed by atoms with Crippen molar-refractivity contribution >= 4 is 24.1 Å². The van der Waals surface area contributed by atoms with E-state index in [1.165, 1.54) is 6.07 Å². The lowest BCUT2D eigenvalue weighted by atomic mass is 9.92. The highest BCUT2D eigenvalue weighted by Crippen LogP contribution is 2.23. The Morgan fingerprint density at radius 3 is 2.58 bits per heavy atom. The Hall–Kier alpha value is -1.53. The molecule has 0 aliphatic carbocycles. The maximum Gasteiger partial charge on any atom is 0.223 e. The van der Waals surface area contributed by atoms with Crippen molar-refractivity contribution in [2.24, 2.45) is 11.7 Å². The molecule has 1 fully saturated rings. The third-order valence-electron chi connectivity index (χ3n) is 4.38. The molecule has 1 aromatic rings. The van der Waals surface area contributed by atoms with Gasteiger partial charge in [-0.3, -0.25) is 9.59 Å². The SMILES string of the molecule is CC1CCN(C(=O)CCC(=O)c2ccc(F)c(F)c2)C(CN)C1.Cl. The van der Waals surface area contributed by atoms with Crippen molar-refractivity contribution in [1.29, 1.82) is 0 Å². The average molecular weight is 361 g/mol. The van der Waals surface area contributed by atoms with Crippen molar-refractivity contribution in [3.05, 3.63) is 35.4 Å². The number of hydrogen-bond acceptors (Lipinski definition) is 3. The first-order chi connectivity index (χ1) is 10.9. The second kappa shape index (κ2) is 9.08. The molecule has 2 unspecified atom stereocenters. The Labute approximate surface area is 146 Å². The molecule has 1 aliphatic heterocycles. The van der Waals surface area contributed by atoms with Crippen LogP contribution in [0.3, 0.4) is 0 Å². The standard InChI is InChI=1S/C17H22F2N2O2.ClH/c1-11-6-7-21(13(8-11)10-20)17(23)5-4-16(22)12-2-3-14(18)15(19)9-12;/h2-3,9,11,13H,4-8,10,20H2,1H3;1H. The fourth-order valence-corrected chi connectivity index (χ4v) is 2.98. The molecular formula is C17H23ClF2N2O2. The maximum absolute atomic E-state index is 13.1. The van der Waals surface area contributed by atoms with E-state index >= 15 is 0 Å². The number of carbonyl (C=O) groups is 2. The molecule has 2 rings (SSSR count). The number of halogens is 3. The van der Waals surface area contributed by atoms with Gasteiger partial charge in [-0.15, -0.1) is 12.4 Å². The zero-order valence-electron chi connectivity index (χ0n) is 13.6. The molecule has 0 spiro atoms. The van der Waals surface area contributed by atoms with Gasteiger partial charge in [0.1, 0.15) is 0 Å². The van der Waals surface area contributed by atoms with E-state index < -0.39 is 11.6 Å². The minimum Gasteiger partial charge on any atom is -0.338 e. The Balaban J connectivity index is 0.00000288. The van der Waals surface area contributed by atoms with Crippen LogP contribution in [0.2, 0.25) is 0 Å². The second-order valence-electron chi connectivity index (χ2n) is 6.16. The fraction of sp³-hybridized carbons (Fsp3) is 0.529. The van der Waals surface area contributed by atoms with Gasteiger partial charge in [-0.05, 0) is 37.0 Å². The molecule has 0 saturated carbocycles. The smallest absolute Gasteiger partial charge is 0.223 e. The quantitative estimate of drug-likeness (QED) is 0.821. The first-order valence-electron chi connectivity index (χ1n) is 7.90. The van der Waals surface area contributed by atoms with Gasteiger partial charge in [0.25, 0.3) is 0 Å². The lowest BCUT2D eigenvalue weighted by Gasteiger charge is -2.38. The summed E-state index contributed by atoms with van der Waals surface area (Å²) in [6.45, 7) is 3.20. The van der Waals surface area contributed by atoms with Crippen LogP contribution in [0.1, 0.15) is 43.0 Å². The molecule has 0 aromatic heterocycles. The number of amides is 1. The van der Waals surface area contributed by atoms with E-state index in [0.29, 0.717) is 19.0 Å². The molecule has 1 aliphatic rings. The molecule has 1 saturated heterocycles. The highest BCUT2D eigenvalue weighted by Gasteiger charge is 2.28. The molecule has 4 nitrogen and oxygen atoms in total. The highest BCUT2D eigenvalue weighted by molar-refractivity contribution is 5.98. The van der Waals surface area contributed by atoms with Crippen molar-refractivity contribution < 1.29 is 18.4 Å². The second-order valence-corrected chi connectivity index (χ2v) is 6.16. The summed E-state index contributed by atoms with van der Waals surface area (Å²) in [7, 11) is 0. The van der Waals surface area contributed by atoms with Gasteiger partial charge in [0.15, 0.2) is 17.4 Å². The van der Waals surface area contributed by atoms with E-state index in [1.54, 1.807) is 4.90 Å². The number of rotatable bonds is 5. The van der Waals surface area contributed by atoms with Crippen LogP contribution in [-0.2, 0) is 4.79 Å². The van der Waals surface area contributed by atoms with Crippen LogP contribution in [0.15, 0.2) is 18.2 Å². The predicted molar refractivity (Wildman–Crippen MR) is 90.1 cm³/mol. The van der Waals surface area contributed by atoms with Crippen LogP contribution in [0.4, 0.5) is 8.78 Å². The van der Waals surface area contributed by atoms with Crippen LogP contribution in [0.25, 0.3) is 0 Å². The topological polar surface area (TPSA) is 63.4 Å². The first-order valence-corrected chi connectivity index (χ1v) is 7.90. The summed E-state index contributed by atoms with van der Waals surface area (Å²) in [4.78, 5) is 26.1. The molecule has 2 atom stereocenters. The Morgan fingerprint density at radius 2 is 1.96 bits per heavy atom. The summed E-state index contributed by atoms with van der Waals surface area (Å²) in [6.07, 6.45) is 1.84. The van der Waals surface area contributed by atoms with Crippen molar-refractivity contribution in [2.45, 2.75) is 38.6 Å². The van der Waals surface area contributed by atoms with Crippen LogP contribution < -0.4 is 5.73 Å². The molecule has 1 heterocycles. The summed E-state index contributed by atoms with van der Waals surface area (Å²) in [5, 5.41) is 0. The molecule has 7 heteroatoms. The number of nitrogens with two attached hydrogens (primary N) is 1. The molecule has 0 radical (unpaired) electrons. The zero-order chi connectivity index (χ0) is 17.0. The molecule has 0 bridgehead atoms. The van der Waals surface area contributed by atoms with Crippen molar-refractivity contribution in [1.82, 2.24) is 4.90 Å². The Morgan fingerprint density at radius 1 is 1.25 bits per heavy atom. The monoisotopic (exact) mass is 360 g/mol. The van der Waals surface area contributed by atoms with Gasteiger partial charge in [0, 0.05) is 37.5 Å². The molecular weight excluding hydrogens is 338 g/mol. The van der Waals surface area contributed by atoms with Crippen LogP contribution >= 0.6 is 12.4 Å². The largest absolute Gasteiger partial charge is 0.338 e. The lowest BCUT2D eigenvalue weighted by molar-refractivity contribution is -0.135. The summed E-state index contributed by atoms with van der Waals surface area (Å²) in [5.74, 6) is -1.99. The Kier molecular flexibility index (Phi) is 7.76. The Bertz CT molecular complexity index is 598. The van der Waals surface area contributed by atoms with E-state index in [-0.39, 0.29) is 48.5 Å². The molecule has 1 aromatic carbocycles. The summed E-state index contributed by atoms with van der Waals surface area (Å²) in [6, 6.07) is 3.04. The van der Waals surface area contributed by atoms with Crippen LogP contribution in [0, 0.1) is 17.6 Å². The predicted octanol–water partition coefficient (Wildman–Crippen LogP) is 2.94. The van der Waals surface area contributed by atoms with Gasteiger partial charge in [0.05, 0.1) is 0 Å². The summed E-state index contributed by atoms with van der Waals surface area (Å²) < 4.78 is 26.0. The van der Waals surface area contributed by atoms with Gasteiger partial charge >= 0.3 is 0 Å². The van der Waals surface area contributed by atoms with E-state index in [0.717, 1.165) is 25.0 Å². The number of hydrogen-bond donors (Lipinski definition) is 1. The van der Waals surface area contributed by atoms with Crippen LogP contribution in [0.5, 0.6) is 0 Å². The normalized spacial score (nSPS) is 20.4.